The van der Waals surface area contributed by atoms with Crippen LogP contribution in [0, 0.1) is 17.3 Å². The Kier molecular flexibility index (Phi) is 3.58. The molecule has 0 aromatic rings. The van der Waals surface area contributed by atoms with Crippen molar-refractivity contribution < 1.29 is 0 Å². The van der Waals surface area contributed by atoms with E-state index in [1.165, 1.54) is 32.1 Å². The van der Waals surface area contributed by atoms with Crippen molar-refractivity contribution in [2.24, 2.45) is 17.3 Å². The fourth-order valence-corrected chi connectivity index (χ4v) is 2.50. The molecule has 0 saturated heterocycles. The molecule has 76 valence electrons. The summed E-state index contributed by atoms with van der Waals surface area (Å²) in [5.41, 5.74) is 0.527. The highest BCUT2D eigenvalue weighted by Crippen LogP contribution is 2.40. The molecule has 0 atom stereocenters. The van der Waals surface area contributed by atoms with Gasteiger partial charge in [0.1, 0.15) is 0 Å². The Balaban J connectivity index is 2.34. The molecule has 0 unspecified atom stereocenters. The molecule has 0 radical (unpaired) electrons. The van der Waals surface area contributed by atoms with Crippen LogP contribution in [0.4, 0.5) is 0 Å². The summed E-state index contributed by atoms with van der Waals surface area (Å²) in [4.78, 5) is 0. The van der Waals surface area contributed by atoms with Crippen LogP contribution in [0.25, 0.3) is 0 Å². The van der Waals surface area contributed by atoms with E-state index in [1.54, 1.807) is 0 Å². The molecule has 13 heavy (non-hydrogen) atoms. The first-order valence-corrected chi connectivity index (χ1v) is 5.65. The summed E-state index contributed by atoms with van der Waals surface area (Å²) >= 11 is 0. The van der Waals surface area contributed by atoms with Gasteiger partial charge in [-0.1, -0.05) is 26.8 Å². The summed E-state index contributed by atoms with van der Waals surface area (Å²) in [6.45, 7) is 11.0. The third kappa shape index (κ3) is 3.17. The highest BCUT2D eigenvalue weighted by atomic mass is 14.3. The Labute approximate surface area is 83.4 Å². The number of allylic oxidation sites excluding steroid dienone is 1. The van der Waals surface area contributed by atoms with Gasteiger partial charge in [-0.05, 0) is 49.4 Å². The zero-order valence-electron chi connectivity index (χ0n) is 9.47. The zero-order chi connectivity index (χ0) is 9.90. The first-order chi connectivity index (χ1) is 6.04. The zero-order valence-corrected chi connectivity index (χ0v) is 9.47. The maximum atomic E-state index is 3.82. The molecule has 0 heterocycles. The summed E-state index contributed by atoms with van der Waals surface area (Å²) < 4.78 is 0. The molecule has 1 fully saturated rings. The van der Waals surface area contributed by atoms with E-state index in [4.69, 9.17) is 0 Å². The fourth-order valence-electron chi connectivity index (χ4n) is 2.50. The van der Waals surface area contributed by atoms with Crippen LogP contribution in [0.1, 0.15) is 52.9 Å². The first kappa shape index (κ1) is 10.8. The molecule has 0 heteroatoms. The molecule has 0 amide bonds. The lowest BCUT2D eigenvalue weighted by Crippen LogP contribution is -2.25. The van der Waals surface area contributed by atoms with E-state index < -0.39 is 0 Å². The molecule has 1 rings (SSSR count). The average molecular weight is 180 g/mol. The van der Waals surface area contributed by atoms with E-state index >= 15 is 0 Å². The molecule has 0 aromatic heterocycles. The van der Waals surface area contributed by atoms with Crippen molar-refractivity contribution in [2.75, 3.05) is 0 Å². The molecule has 0 spiro atoms. The summed E-state index contributed by atoms with van der Waals surface area (Å²) in [5.74, 6) is 1.89. The summed E-state index contributed by atoms with van der Waals surface area (Å²) in [6.07, 6.45) is 9.03. The molecule has 0 nitrogen and oxygen atoms in total. The minimum atomic E-state index is 0.527. The van der Waals surface area contributed by atoms with Crippen LogP contribution < -0.4 is 0 Å². The van der Waals surface area contributed by atoms with Crippen molar-refractivity contribution in [3.63, 3.8) is 0 Å². The average Bonchev–Trinajstić information content (AvgIpc) is 2.04. The third-order valence-electron chi connectivity index (χ3n) is 3.57. The van der Waals surface area contributed by atoms with Crippen molar-refractivity contribution in [2.45, 2.75) is 52.9 Å². The number of hydrogen-bond donors (Lipinski definition) is 0. The van der Waals surface area contributed by atoms with Crippen LogP contribution >= 0.6 is 0 Å². The summed E-state index contributed by atoms with van der Waals surface area (Å²) in [5, 5.41) is 0. The summed E-state index contributed by atoms with van der Waals surface area (Å²) in [7, 11) is 0. The van der Waals surface area contributed by atoms with Crippen molar-refractivity contribution >= 4 is 0 Å². The van der Waals surface area contributed by atoms with Gasteiger partial charge in [-0.3, -0.25) is 0 Å². The second-order valence-electron chi connectivity index (χ2n) is 5.61. The lowest BCUT2D eigenvalue weighted by Gasteiger charge is -2.36. The lowest BCUT2D eigenvalue weighted by molar-refractivity contribution is 0.151. The third-order valence-corrected chi connectivity index (χ3v) is 3.57. The van der Waals surface area contributed by atoms with Crippen molar-refractivity contribution in [1.29, 1.82) is 0 Å². The van der Waals surface area contributed by atoms with Gasteiger partial charge in [-0.2, -0.15) is 0 Å². The Morgan fingerprint density at radius 1 is 1.15 bits per heavy atom. The second kappa shape index (κ2) is 4.30. The van der Waals surface area contributed by atoms with Gasteiger partial charge >= 0.3 is 0 Å². The molecular weight excluding hydrogens is 156 g/mol. The quantitative estimate of drug-likeness (QED) is 0.552. The van der Waals surface area contributed by atoms with Gasteiger partial charge in [-0.25, -0.2) is 0 Å². The van der Waals surface area contributed by atoms with Crippen molar-refractivity contribution in [3.05, 3.63) is 12.7 Å². The van der Waals surface area contributed by atoms with Gasteiger partial charge in [-0.15, -0.1) is 6.58 Å². The van der Waals surface area contributed by atoms with E-state index in [2.05, 4.69) is 33.4 Å². The Morgan fingerprint density at radius 3 is 2.08 bits per heavy atom. The standard InChI is InChI=1S/C13H24/c1-5-6-11-7-9-12(10-8-11)13(2,3)4/h5,11-12H,1,6-10H2,2-4H3. The Morgan fingerprint density at radius 2 is 1.69 bits per heavy atom. The van der Waals surface area contributed by atoms with Crippen LogP contribution in [-0.4, -0.2) is 0 Å². The van der Waals surface area contributed by atoms with Gasteiger partial charge in [0, 0.05) is 0 Å². The minimum absolute atomic E-state index is 0.527. The molecule has 1 saturated carbocycles. The smallest absolute Gasteiger partial charge is 0.0325 e. The van der Waals surface area contributed by atoms with E-state index in [0.29, 0.717) is 5.41 Å². The van der Waals surface area contributed by atoms with E-state index in [0.717, 1.165) is 11.8 Å². The topological polar surface area (TPSA) is 0 Å². The van der Waals surface area contributed by atoms with Gasteiger partial charge in [0.2, 0.25) is 0 Å². The molecule has 0 aromatic carbocycles. The number of rotatable bonds is 2. The predicted molar refractivity (Wildman–Crippen MR) is 59.7 cm³/mol. The number of hydrogen-bond acceptors (Lipinski definition) is 0. The summed E-state index contributed by atoms with van der Waals surface area (Å²) in [6, 6.07) is 0. The van der Waals surface area contributed by atoms with Crippen LogP contribution in [0.15, 0.2) is 12.7 Å². The SMILES string of the molecule is C=CCC1CCC(C(C)(C)C)CC1. The predicted octanol–water partition coefficient (Wildman–Crippen LogP) is 4.42. The Bertz CT molecular complexity index is 153. The van der Waals surface area contributed by atoms with Gasteiger partial charge in [0.25, 0.3) is 0 Å². The molecule has 1 aliphatic carbocycles. The molecular formula is C13H24. The van der Waals surface area contributed by atoms with E-state index in [1.807, 2.05) is 0 Å². The highest BCUT2D eigenvalue weighted by molar-refractivity contribution is 4.83. The first-order valence-electron chi connectivity index (χ1n) is 5.65. The monoisotopic (exact) mass is 180 g/mol. The maximum Gasteiger partial charge on any atom is -0.0325 e. The van der Waals surface area contributed by atoms with E-state index in [9.17, 15) is 0 Å². The molecule has 0 aliphatic heterocycles. The Hall–Kier alpha value is -0.260. The van der Waals surface area contributed by atoms with Gasteiger partial charge in [0.15, 0.2) is 0 Å². The van der Waals surface area contributed by atoms with Gasteiger partial charge < -0.3 is 0 Å². The fraction of sp³-hybridized carbons (Fsp3) is 0.846. The molecule has 0 N–H and O–H groups in total. The molecule has 1 aliphatic rings. The van der Waals surface area contributed by atoms with Crippen molar-refractivity contribution in [1.82, 2.24) is 0 Å². The van der Waals surface area contributed by atoms with Crippen LogP contribution in [-0.2, 0) is 0 Å². The van der Waals surface area contributed by atoms with Crippen molar-refractivity contribution in [3.8, 4) is 0 Å². The van der Waals surface area contributed by atoms with Crippen LogP contribution in [0.2, 0.25) is 0 Å². The normalized spacial score (nSPS) is 30.1. The van der Waals surface area contributed by atoms with Crippen LogP contribution in [0.5, 0.6) is 0 Å². The maximum absolute atomic E-state index is 3.82. The van der Waals surface area contributed by atoms with E-state index in [-0.39, 0.29) is 0 Å². The molecule has 0 bridgehead atoms. The van der Waals surface area contributed by atoms with Gasteiger partial charge in [0.05, 0.1) is 0 Å². The lowest BCUT2D eigenvalue weighted by atomic mass is 9.69. The second-order valence-corrected chi connectivity index (χ2v) is 5.61. The minimum Gasteiger partial charge on any atom is -0.103 e. The van der Waals surface area contributed by atoms with Crippen LogP contribution in [0.3, 0.4) is 0 Å². The highest BCUT2D eigenvalue weighted by Gasteiger charge is 2.28. The largest absolute Gasteiger partial charge is 0.103 e.